The average molecular weight is 387 g/mol. The van der Waals surface area contributed by atoms with Crippen molar-refractivity contribution in [3.8, 4) is 0 Å². The molecule has 0 spiro atoms. The second-order valence-corrected chi connectivity index (χ2v) is 7.73. The SMILES string of the molecule is CN1CC[C@H](c2nn(CCNC(=O)COC[C@@H]3CCCO3)c3ncccc23)C1. The fraction of sp³-hybridized carbons (Fsp3) is 0.650. The summed E-state index contributed by atoms with van der Waals surface area (Å²) in [6.45, 7) is 4.57. The normalized spacial score (nSPS) is 22.9. The highest BCUT2D eigenvalue weighted by atomic mass is 16.5. The number of nitrogens with zero attached hydrogens (tertiary/aromatic N) is 4. The fourth-order valence-corrected chi connectivity index (χ4v) is 4.06. The van der Waals surface area contributed by atoms with E-state index in [2.05, 4.69) is 28.3 Å². The van der Waals surface area contributed by atoms with Gasteiger partial charge in [-0.15, -0.1) is 0 Å². The Bertz CT molecular complexity index is 802. The number of nitrogens with one attached hydrogen (secondary N) is 1. The number of carbonyl (C=O) groups is 1. The van der Waals surface area contributed by atoms with Crippen LogP contribution in [-0.4, -0.2) is 78.2 Å². The van der Waals surface area contributed by atoms with Gasteiger partial charge in [-0.2, -0.15) is 5.10 Å². The zero-order valence-electron chi connectivity index (χ0n) is 16.5. The zero-order chi connectivity index (χ0) is 19.3. The number of amides is 1. The predicted octanol–water partition coefficient (Wildman–Crippen LogP) is 1.16. The van der Waals surface area contributed by atoms with Gasteiger partial charge in [-0.05, 0) is 45.0 Å². The number of aromatic nitrogens is 3. The number of carbonyl (C=O) groups excluding carboxylic acids is 1. The van der Waals surface area contributed by atoms with E-state index in [0.29, 0.717) is 25.6 Å². The van der Waals surface area contributed by atoms with Gasteiger partial charge in [-0.3, -0.25) is 4.79 Å². The number of hydrogen-bond acceptors (Lipinski definition) is 6. The molecule has 0 saturated carbocycles. The molecule has 1 N–H and O–H groups in total. The van der Waals surface area contributed by atoms with E-state index in [1.807, 2.05) is 10.7 Å². The summed E-state index contributed by atoms with van der Waals surface area (Å²) in [5, 5.41) is 8.87. The molecule has 2 aromatic heterocycles. The van der Waals surface area contributed by atoms with Crippen molar-refractivity contribution in [2.45, 2.75) is 37.8 Å². The number of rotatable bonds is 8. The molecule has 152 valence electrons. The molecule has 2 atom stereocenters. The van der Waals surface area contributed by atoms with Crippen LogP contribution in [0.3, 0.4) is 0 Å². The molecule has 0 bridgehead atoms. The molecular weight excluding hydrogens is 358 g/mol. The van der Waals surface area contributed by atoms with Gasteiger partial charge in [-0.1, -0.05) is 0 Å². The molecule has 2 fully saturated rings. The van der Waals surface area contributed by atoms with Gasteiger partial charge in [0.1, 0.15) is 6.61 Å². The van der Waals surface area contributed by atoms with Gasteiger partial charge in [-0.25, -0.2) is 9.67 Å². The Labute approximate surface area is 165 Å². The standard InChI is InChI=1S/C20H29N5O3/c1-24-9-6-15(12-24)19-17-5-2-7-22-20(17)25(23-19)10-8-21-18(26)14-27-13-16-4-3-11-28-16/h2,5,7,15-16H,3-4,6,8-14H2,1H3,(H,21,26)/t15-,16-/m0/s1. The lowest BCUT2D eigenvalue weighted by atomic mass is 10.0. The molecular formula is C20H29N5O3. The highest BCUT2D eigenvalue weighted by molar-refractivity contribution is 5.79. The number of likely N-dealkylation sites (N-methyl/N-ethyl adjacent to an activating group) is 1. The molecule has 4 rings (SSSR count). The molecule has 1 amide bonds. The quantitative estimate of drug-likeness (QED) is 0.732. The minimum atomic E-state index is -0.111. The van der Waals surface area contributed by atoms with Gasteiger partial charge in [0, 0.05) is 37.2 Å². The van der Waals surface area contributed by atoms with Gasteiger partial charge in [0.2, 0.25) is 5.91 Å². The highest BCUT2D eigenvalue weighted by Crippen LogP contribution is 2.30. The van der Waals surface area contributed by atoms with E-state index in [-0.39, 0.29) is 18.6 Å². The van der Waals surface area contributed by atoms with Crippen molar-refractivity contribution in [3.05, 3.63) is 24.0 Å². The van der Waals surface area contributed by atoms with Crippen LogP contribution in [-0.2, 0) is 20.8 Å². The van der Waals surface area contributed by atoms with Crippen LogP contribution in [0.4, 0.5) is 0 Å². The van der Waals surface area contributed by atoms with E-state index in [0.717, 1.165) is 55.7 Å². The summed E-state index contributed by atoms with van der Waals surface area (Å²) in [7, 11) is 2.15. The van der Waals surface area contributed by atoms with E-state index in [4.69, 9.17) is 14.6 Å². The van der Waals surface area contributed by atoms with Crippen LogP contribution in [0.5, 0.6) is 0 Å². The minimum absolute atomic E-state index is 0.0671. The first kappa shape index (κ1) is 19.3. The third-order valence-corrected chi connectivity index (χ3v) is 5.52. The molecule has 8 nitrogen and oxygen atoms in total. The van der Waals surface area contributed by atoms with Crippen molar-refractivity contribution in [2.24, 2.45) is 0 Å². The summed E-state index contributed by atoms with van der Waals surface area (Å²) in [5.74, 6) is 0.332. The highest BCUT2D eigenvalue weighted by Gasteiger charge is 2.26. The fourth-order valence-electron chi connectivity index (χ4n) is 4.06. The lowest BCUT2D eigenvalue weighted by molar-refractivity contribution is -0.126. The average Bonchev–Trinajstić information content (AvgIpc) is 3.43. The van der Waals surface area contributed by atoms with E-state index < -0.39 is 0 Å². The lowest BCUT2D eigenvalue weighted by Crippen LogP contribution is -2.31. The summed E-state index contributed by atoms with van der Waals surface area (Å²) in [6.07, 6.45) is 5.15. The Morgan fingerprint density at radius 3 is 3.14 bits per heavy atom. The van der Waals surface area contributed by atoms with Crippen LogP contribution in [0, 0.1) is 0 Å². The van der Waals surface area contributed by atoms with Crippen molar-refractivity contribution in [1.29, 1.82) is 0 Å². The second-order valence-electron chi connectivity index (χ2n) is 7.73. The summed E-state index contributed by atoms with van der Waals surface area (Å²) in [6, 6.07) is 4.06. The molecule has 0 unspecified atom stereocenters. The molecule has 8 heteroatoms. The molecule has 2 aromatic rings. The Kier molecular flexibility index (Phi) is 6.19. The van der Waals surface area contributed by atoms with E-state index in [1.54, 1.807) is 6.20 Å². The second kappa shape index (κ2) is 8.98. The zero-order valence-corrected chi connectivity index (χ0v) is 16.5. The maximum absolute atomic E-state index is 12.0. The molecule has 2 aliphatic rings. The van der Waals surface area contributed by atoms with Crippen LogP contribution >= 0.6 is 0 Å². The maximum Gasteiger partial charge on any atom is 0.246 e. The summed E-state index contributed by atoms with van der Waals surface area (Å²) in [4.78, 5) is 18.8. The van der Waals surface area contributed by atoms with Crippen molar-refractivity contribution in [1.82, 2.24) is 25.0 Å². The minimum Gasteiger partial charge on any atom is -0.376 e. The van der Waals surface area contributed by atoms with E-state index in [1.165, 1.54) is 0 Å². The van der Waals surface area contributed by atoms with E-state index >= 15 is 0 Å². The van der Waals surface area contributed by atoms with Crippen LogP contribution in [0.15, 0.2) is 18.3 Å². The third-order valence-electron chi connectivity index (χ3n) is 5.52. The van der Waals surface area contributed by atoms with Crippen molar-refractivity contribution < 1.29 is 14.3 Å². The largest absolute Gasteiger partial charge is 0.376 e. The Morgan fingerprint density at radius 1 is 1.43 bits per heavy atom. The van der Waals surface area contributed by atoms with Crippen LogP contribution in [0.2, 0.25) is 0 Å². The van der Waals surface area contributed by atoms with Gasteiger partial charge in [0.05, 0.1) is 24.9 Å². The number of ether oxygens (including phenoxy) is 2. The molecule has 0 aromatic carbocycles. The first-order chi connectivity index (χ1) is 13.7. The molecule has 2 saturated heterocycles. The van der Waals surface area contributed by atoms with Crippen LogP contribution < -0.4 is 5.32 Å². The van der Waals surface area contributed by atoms with Gasteiger partial charge < -0.3 is 19.7 Å². The van der Waals surface area contributed by atoms with Gasteiger partial charge in [0.15, 0.2) is 5.65 Å². The molecule has 0 radical (unpaired) electrons. The van der Waals surface area contributed by atoms with Gasteiger partial charge in [0.25, 0.3) is 0 Å². The Morgan fingerprint density at radius 2 is 2.36 bits per heavy atom. The lowest BCUT2D eigenvalue weighted by Gasteiger charge is -2.10. The van der Waals surface area contributed by atoms with Crippen LogP contribution in [0.25, 0.3) is 11.0 Å². The van der Waals surface area contributed by atoms with Crippen molar-refractivity contribution in [3.63, 3.8) is 0 Å². The number of hydrogen-bond donors (Lipinski definition) is 1. The monoisotopic (exact) mass is 387 g/mol. The topological polar surface area (TPSA) is 81.5 Å². The predicted molar refractivity (Wildman–Crippen MR) is 105 cm³/mol. The molecule has 4 heterocycles. The smallest absolute Gasteiger partial charge is 0.246 e. The van der Waals surface area contributed by atoms with Crippen molar-refractivity contribution in [2.75, 3.05) is 46.5 Å². The van der Waals surface area contributed by atoms with Crippen molar-refractivity contribution >= 4 is 16.9 Å². The first-order valence-electron chi connectivity index (χ1n) is 10.2. The van der Waals surface area contributed by atoms with E-state index in [9.17, 15) is 4.79 Å². The summed E-state index contributed by atoms with van der Waals surface area (Å²) in [5.41, 5.74) is 2.01. The summed E-state index contributed by atoms with van der Waals surface area (Å²) >= 11 is 0. The maximum atomic E-state index is 12.0. The number of likely N-dealkylation sites (tertiary alicyclic amines) is 1. The number of pyridine rings is 1. The number of fused-ring (bicyclic) bond motifs is 1. The third kappa shape index (κ3) is 4.51. The molecule has 2 aliphatic heterocycles. The summed E-state index contributed by atoms with van der Waals surface area (Å²) < 4.78 is 12.9. The van der Waals surface area contributed by atoms with Crippen LogP contribution in [0.1, 0.15) is 30.9 Å². The Balaban J connectivity index is 1.30. The first-order valence-corrected chi connectivity index (χ1v) is 10.2. The van der Waals surface area contributed by atoms with Gasteiger partial charge >= 0.3 is 0 Å². The Hall–Kier alpha value is -2.03. The molecule has 0 aliphatic carbocycles. The molecule has 28 heavy (non-hydrogen) atoms.